The van der Waals surface area contributed by atoms with E-state index in [9.17, 15) is 13.2 Å². The van der Waals surface area contributed by atoms with Gasteiger partial charge in [0.25, 0.3) is 5.91 Å². The van der Waals surface area contributed by atoms with Crippen molar-refractivity contribution in [2.75, 3.05) is 13.1 Å². The number of hydrogen-bond acceptors (Lipinski definition) is 3. The number of carbonyl (C=O) groups is 1. The highest BCUT2D eigenvalue weighted by molar-refractivity contribution is 7.89. The quantitative estimate of drug-likeness (QED) is 0.752. The van der Waals surface area contributed by atoms with E-state index in [1.165, 1.54) is 42.1 Å². The highest BCUT2D eigenvalue weighted by Gasteiger charge is 2.54. The summed E-state index contributed by atoms with van der Waals surface area (Å²) >= 11 is 6.19. The molecule has 5 atom stereocenters. The highest BCUT2D eigenvalue weighted by Crippen LogP contribution is 2.58. The first-order valence-electron chi connectivity index (χ1n) is 10.5. The van der Waals surface area contributed by atoms with Gasteiger partial charge in [0.1, 0.15) is 4.90 Å². The average molecular weight is 425 g/mol. The van der Waals surface area contributed by atoms with E-state index in [2.05, 4.69) is 5.32 Å². The number of nitrogens with one attached hydrogen (secondary N) is 1. The van der Waals surface area contributed by atoms with Crippen LogP contribution in [0, 0.1) is 23.7 Å². The predicted molar refractivity (Wildman–Crippen MR) is 110 cm³/mol. The second kappa shape index (κ2) is 7.62. The van der Waals surface area contributed by atoms with Gasteiger partial charge in [0.05, 0.1) is 5.02 Å². The first-order valence-corrected chi connectivity index (χ1v) is 12.3. The molecule has 7 heteroatoms. The van der Waals surface area contributed by atoms with Crippen molar-refractivity contribution in [3.05, 3.63) is 28.8 Å². The summed E-state index contributed by atoms with van der Waals surface area (Å²) in [4.78, 5) is 12.9. The largest absolute Gasteiger partial charge is 0.349 e. The molecule has 154 valence electrons. The van der Waals surface area contributed by atoms with Crippen LogP contribution in [-0.2, 0) is 10.0 Å². The molecule has 0 saturated heterocycles. The van der Waals surface area contributed by atoms with Crippen molar-refractivity contribution in [2.24, 2.45) is 23.7 Å². The van der Waals surface area contributed by atoms with Gasteiger partial charge in [-0.3, -0.25) is 4.79 Å². The smallest absolute Gasteiger partial charge is 0.251 e. The molecule has 5 nitrogen and oxygen atoms in total. The molecule has 3 saturated carbocycles. The van der Waals surface area contributed by atoms with E-state index in [4.69, 9.17) is 11.6 Å². The van der Waals surface area contributed by atoms with E-state index in [0.29, 0.717) is 24.6 Å². The molecule has 1 amide bonds. The number of benzene rings is 1. The first kappa shape index (κ1) is 20.2. The van der Waals surface area contributed by atoms with Gasteiger partial charge in [-0.15, -0.1) is 0 Å². The van der Waals surface area contributed by atoms with Crippen LogP contribution in [0.15, 0.2) is 23.1 Å². The Labute approximate surface area is 172 Å². The number of sulfonamides is 1. The van der Waals surface area contributed by atoms with Crippen molar-refractivity contribution in [1.82, 2.24) is 9.62 Å². The Balaban J connectivity index is 1.53. The maximum absolute atomic E-state index is 12.9. The summed E-state index contributed by atoms with van der Waals surface area (Å²) in [5, 5.41) is 3.35. The van der Waals surface area contributed by atoms with Gasteiger partial charge in [-0.2, -0.15) is 4.31 Å². The Morgan fingerprint density at radius 3 is 2.57 bits per heavy atom. The standard InChI is InChI=1S/C21H29ClN2O3S/c1-3-24(4-2)28(26,27)20-12-13(8-9-18(20)22)21(25)23-19-11-14-10-17(19)16-7-5-6-15(14)16/h8-9,12,14-17,19H,3-7,10-11H2,1-2H3,(H,23,25). The van der Waals surface area contributed by atoms with Crippen LogP contribution in [-0.4, -0.2) is 37.8 Å². The minimum atomic E-state index is -3.71. The van der Waals surface area contributed by atoms with Crippen molar-refractivity contribution >= 4 is 27.5 Å². The first-order chi connectivity index (χ1) is 13.4. The van der Waals surface area contributed by atoms with Gasteiger partial charge in [0, 0.05) is 24.7 Å². The molecule has 0 aromatic heterocycles. The maximum Gasteiger partial charge on any atom is 0.251 e. The van der Waals surface area contributed by atoms with Crippen molar-refractivity contribution in [3.63, 3.8) is 0 Å². The lowest BCUT2D eigenvalue weighted by Crippen LogP contribution is -2.42. The van der Waals surface area contributed by atoms with E-state index >= 15 is 0 Å². The van der Waals surface area contributed by atoms with Gasteiger partial charge >= 0.3 is 0 Å². The van der Waals surface area contributed by atoms with Gasteiger partial charge in [-0.1, -0.05) is 31.9 Å². The Bertz CT molecular complexity index is 868. The fraction of sp³-hybridized carbons (Fsp3) is 0.667. The average Bonchev–Trinajstić information content (AvgIpc) is 3.36. The molecule has 3 aliphatic carbocycles. The minimum absolute atomic E-state index is 0.00863. The molecule has 1 N–H and O–H groups in total. The zero-order chi connectivity index (χ0) is 20.1. The van der Waals surface area contributed by atoms with E-state index in [0.717, 1.165) is 24.2 Å². The van der Waals surface area contributed by atoms with E-state index < -0.39 is 10.0 Å². The van der Waals surface area contributed by atoms with E-state index in [1.807, 2.05) is 0 Å². The molecule has 0 spiro atoms. The molecule has 3 aliphatic rings. The molecule has 5 unspecified atom stereocenters. The third-order valence-corrected chi connectivity index (χ3v) is 9.79. The fourth-order valence-corrected chi connectivity index (χ4v) is 7.99. The van der Waals surface area contributed by atoms with Gasteiger partial charge in [-0.25, -0.2) is 8.42 Å². The second-order valence-corrected chi connectivity index (χ2v) is 10.8. The third-order valence-electron chi connectivity index (χ3n) is 7.26. The van der Waals surface area contributed by atoms with Crippen LogP contribution < -0.4 is 5.32 Å². The summed E-state index contributed by atoms with van der Waals surface area (Å²) in [5.41, 5.74) is 0.362. The van der Waals surface area contributed by atoms with Crippen LogP contribution in [0.5, 0.6) is 0 Å². The molecule has 1 aromatic carbocycles. The lowest BCUT2D eigenvalue weighted by molar-refractivity contribution is 0.0901. The Kier molecular flexibility index (Phi) is 5.49. The second-order valence-electron chi connectivity index (χ2n) is 8.47. The molecule has 0 radical (unpaired) electrons. The van der Waals surface area contributed by atoms with Crippen molar-refractivity contribution in [2.45, 2.75) is 56.9 Å². The molecule has 3 fully saturated rings. The number of fused-ring (bicyclic) bond motifs is 5. The molecule has 0 heterocycles. The number of rotatable bonds is 6. The summed E-state index contributed by atoms with van der Waals surface area (Å²) in [6, 6.07) is 4.78. The van der Waals surface area contributed by atoms with Crippen LogP contribution in [0.25, 0.3) is 0 Å². The Morgan fingerprint density at radius 1 is 1.14 bits per heavy atom. The summed E-state index contributed by atoms with van der Waals surface area (Å²) in [5.74, 6) is 2.80. The summed E-state index contributed by atoms with van der Waals surface area (Å²) in [7, 11) is -3.71. The van der Waals surface area contributed by atoms with Crippen LogP contribution >= 0.6 is 11.6 Å². The van der Waals surface area contributed by atoms with Gasteiger partial charge in [-0.05, 0) is 67.6 Å². The van der Waals surface area contributed by atoms with Crippen molar-refractivity contribution in [3.8, 4) is 0 Å². The number of hydrogen-bond donors (Lipinski definition) is 1. The van der Waals surface area contributed by atoms with Gasteiger partial charge < -0.3 is 5.32 Å². The lowest BCUT2D eigenvalue weighted by atomic mass is 9.79. The van der Waals surface area contributed by atoms with Gasteiger partial charge in [0.2, 0.25) is 10.0 Å². The summed E-state index contributed by atoms with van der Waals surface area (Å²) in [6.45, 7) is 4.30. The lowest BCUT2D eigenvalue weighted by Gasteiger charge is -2.32. The van der Waals surface area contributed by atoms with Gasteiger partial charge in [0.15, 0.2) is 0 Å². The van der Waals surface area contributed by atoms with E-state index in [-0.39, 0.29) is 21.9 Å². The molecular weight excluding hydrogens is 396 g/mol. The molecule has 0 aliphatic heterocycles. The van der Waals surface area contributed by atoms with Crippen LogP contribution in [0.4, 0.5) is 0 Å². The third kappa shape index (κ3) is 3.27. The predicted octanol–water partition coefficient (Wildman–Crippen LogP) is 3.93. The number of nitrogens with zero attached hydrogens (tertiary/aromatic N) is 1. The van der Waals surface area contributed by atoms with Crippen LogP contribution in [0.3, 0.4) is 0 Å². The molecule has 2 bridgehead atoms. The fourth-order valence-electron chi connectivity index (χ4n) is 6.03. The molecule has 28 heavy (non-hydrogen) atoms. The van der Waals surface area contributed by atoms with Crippen LogP contribution in [0.1, 0.15) is 56.3 Å². The normalized spacial score (nSPS) is 31.4. The number of amides is 1. The zero-order valence-corrected chi connectivity index (χ0v) is 18.1. The number of carbonyl (C=O) groups excluding carboxylic acids is 1. The molecule has 4 rings (SSSR count). The summed E-state index contributed by atoms with van der Waals surface area (Å²) in [6.07, 6.45) is 6.28. The number of halogens is 1. The summed E-state index contributed by atoms with van der Waals surface area (Å²) < 4.78 is 27.1. The minimum Gasteiger partial charge on any atom is -0.349 e. The Hall–Kier alpha value is -1.11. The molecule has 1 aromatic rings. The zero-order valence-electron chi connectivity index (χ0n) is 16.5. The molecular formula is C21H29ClN2O3S. The monoisotopic (exact) mass is 424 g/mol. The topological polar surface area (TPSA) is 66.5 Å². The highest BCUT2D eigenvalue weighted by atomic mass is 35.5. The van der Waals surface area contributed by atoms with Crippen molar-refractivity contribution < 1.29 is 13.2 Å². The van der Waals surface area contributed by atoms with E-state index in [1.54, 1.807) is 19.9 Å². The Morgan fingerprint density at radius 2 is 1.86 bits per heavy atom. The SMILES string of the molecule is CCN(CC)S(=O)(=O)c1cc(C(=O)NC2CC3CC2C2CCCC32)ccc1Cl. The van der Waals surface area contributed by atoms with Crippen molar-refractivity contribution in [1.29, 1.82) is 0 Å². The van der Waals surface area contributed by atoms with Crippen LogP contribution in [0.2, 0.25) is 5.02 Å². The maximum atomic E-state index is 12.9.